The van der Waals surface area contributed by atoms with E-state index < -0.39 is 11.7 Å². The highest BCUT2D eigenvalue weighted by atomic mass is 19.1. The Kier molecular flexibility index (Phi) is 4.88. The van der Waals surface area contributed by atoms with Gasteiger partial charge in [0.1, 0.15) is 17.1 Å². The van der Waals surface area contributed by atoms with Crippen molar-refractivity contribution in [1.29, 1.82) is 0 Å². The lowest BCUT2D eigenvalue weighted by Crippen LogP contribution is -2.31. The Bertz CT molecular complexity index is 874. The highest BCUT2D eigenvalue weighted by molar-refractivity contribution is 6.07. The second-order valence-electron chi connectivity index (χ2n) is 6.15. The average Bonchev–Trinajstić information content (AvgIpc) is 2.58. The summed E-state index contributed by atoms with van der Waals surface area (Å²) in [4.78, 5) is 25.2. The van der Waals surface area contributed by atoms with E-state index in [-0.39, 0.29) is 17.0 Å². The van der Waals surface area contributed by atoms with E-state index in [1.807, 2.05) is 6.92 Å². The van der Waals surface area contributed by atoms with Gasteiger partial charge < -0.3 is 14.6 Å². The van der Waals surface area contributed by atoms with E-state index in [9.17, 15) is 14.0 Å². The number of benzene rings is 1. The van der Waals surface area contributed by atoms with E-state index in [1.165, 1.54) is 12.1 Å². The minimum absolute atomic E-state index is 0.119. The molecule has 1 N–H and O–H groups in total. The number of nitrogens with zero attached hydrogens (tertiary/aromatic N) is 1. The highest BCUT2D eigenvalue weighted by Crippen LogP contribution is 2.27. The Morgan fingerprint density at radius 1 is 1.32 bits per heavy atom. The van der Waals surface area contributed by atoms with Crippen molar-refractivity contribution in [2.45, 2.75) is 39.7 Å². The topological polar surface area (TPSA) is 60.3 Å². The number of aromatic nitrogens is 1. The van der Waals surface area contributed by atoms with E-state index in [2.05, 4.69) is 5.32 Å². The highest BCUT2D eigenvalue weighted by Gasteiger charge is 2.25. The van der Waals surface area contributed by atoms with Crippen LogP contribution in [0.3, 0.4) is 0 Å². The van der Waals surface area contributed by atoms with Gasteiger partial charge in [0.25, 0.3) is 11.5 Å². The quantitative estimate of drug-likeness (QED) is 0.926. The minimum atomic E-state index is -0.501. The summed E-state index contributed by atoms with van der Waals surface area (Å²) in [6.45, 7) is 4.53. The molecule has 25 heavy (non-hydrogen) atoms. The van der Waals surface area contributed by atoms with Crippen LogP contribution >= 0.6 is 0 Å². The SMILES string of the molecule is CCOc1cc(=O)n2c(c1C(=O)Nc1cc(C)ccc1F)CCCC2. The van der Waals surface area contributed by atoms with Crippen LogP contribution in [0, 0.1) is 12.7 Å². The fourth-order valence-electron chi connectivity index (χ4n) is 3.17. The number of rotatable bonds is 4. The first kappa shape index (κ1) is 17.2. The van der Waals surface area contributed by atoms with Gasteiger partial charge in [-0.1, -0.05) is 6.07 Å². The van der Waals surface area contributed by atoms with Gasteiger partial charge in [-0.3, -0.25) is 9.59 Å². The third kappa shape index (κ3) is 3.43. The van der Waals surface area contributed by atoms with Crippen LogP contribution in [0.25, 0.3) is 0 Å². The van der Waals surface area contributed by atoms with Gasteiger partial charge in [0.2, 0.25) is 0 Å². The Hall–Kier alpha value is -2.63. The summed E-state index contributed by atoms with van der Waals surface area (Å²) in [7, 11) is 0. The third-order valence-electron chi connectivity index (χ3n) is 4.32. The number of fused-ring (bicyclic) bond motifs is 1. The summed E-state index contributed by atoms with van der Waals surface area (Å²) in [6, 6.07) is 5.88. The molecule has 0 atom stereocenters. The molecule has 0 unspecified atom stereocenters. The molecule has 132 valence electrons. The van der Waals surface area contributed by atoms with Crippen molar-refractivity contribution in [1.82, 2.24) is 4.57 Å². The molecule has 1 aromatic carbocycles. The summed E-state index contributed by atoms with van der Waals surface area (Å²) < 4.78 is 21.1. The second kappa shape index (κ2) is 7.09. The van der Waals surface area contributed by atoms with Crippen molar-refractivity contribution < 1.29 is 13.9 Å². The number of hydrogen-bond donors (Lipinski definition) is 1. The fourth-order valence-corrected chi connectivity index (χ4v) is 3.17. The largest absolute Gasteiger partial charge is 0.493 e. The molecule has 6 heteroatoms. The maximum absolute atomic E-state index is 14.0. The first-order chi connectivity index (χ1) is 12.0. The number of amides is 1. The molecule has 2 aromatic rings. The monoisotopic (exact) mass is 344 g/mol. The van der Waals surface area contributed by atoms with E-state index in [1.54, 1.807) is 23.6 Å². The smallest absolute Gasteiger partial charge is 0.261 e. The summed E-state index contributed by atoms with van der Waals surface area (Å²) >= 11 is 0. The molecule has 3 rings (SSSR count). The Balaban J connectivity index is 2.06. The van der Waals surface area contributed by atoms with Gasteiger partial charge in [-0.2, -0.15) is 0 Å². The lowest BCUT2D eigenvalue weighted by Gasteiger charge is -2.23. The molecule has 1 aromatic heterocycles. The summed E-state index contributed by atoms with van der Waals surface area (Å²) in [6.07, 6.45) is 2.41. The summed E-state index contributed by atoms with van der Waals surface area (Å²) in [5.41, 5.74) is 1.77. The number of nitrogens with one attached hydrogen (secondary N) is 1. The predicted molar refractivity (Wildman–Crippen MR) is 93.9 cm³/mol. The average molecular weight is 344 g/mol. The van der Waals surface area contributed by atoms with Crippen LogP contribution in [0.4, 0.5) is 10.1 Å². The number of ether oxygens (including phenoxy) is 1. The number of halogens is 1. The molecule has 1 amide bonds. The van der Waals surface area contributed by atoms with Crippen molar-refractivity contribution in [2.24, 2.45) is 0 Å². The molecule has 0 fully saturated rings. The Morgan fingerprint density at radius 3 is 2.88 bits per heavy atom. The molecule has 5 nitrogen and oxygen atoms in total. The molecule has 0 saturated carbocycles. The molecule has 1 aliphatic rings. The van der Waals surface area contributed by atoms with Gasteiger partial charge in [-0.25, -0.2) is 4.39 Å². The Morgan fingerprint density at radius 2 is 2.12 bits per heavy atom. The van der Waals surface area contributed by atoms with E-state index in [4.69, 9.17) is 4.74 Å². The lowest BCUT2D eigenvalue weighted by molar-refractivity contribution is 0.102. The molecular weight excluding hydrogens is 323 g/mol. The van der Waals surface area contributed by atoms with Gasteiger partial charge in [0.15, 0.2) is 0 Å². The molecule has 0 saturated heterocycles. The van der Waals surface area contributed by atoms with Gasteiger partial charge in [-0.15, -0.1) is 0 Å². The summed E-state index contributed by atoms with van der Waals surface area (Å²) in [5, 5.41) is 2.63. The van der Waals surface area contributed by atoms with E-state index >= 15 is 0 Å². The van der Waals surface area contributed by atoms with Crippen molar-refractivity contribution in [2.75, 3.05) is 11.9 Å². The zero-order chi connectivity index (χ0) is 18.0. The zero-order valence-corrected chi connectivity index (χ0v) is 14.4. The molecule has 0 aliphatic carbocycles. The van der Waals surface area contributed by atoms with Crippen LogP contribution in [0.2, 0.25) is 0 Å². The maximum Gasteiger partial charge on any atom is 0.261 e. The normalized spacial score (nSPS) is 13.2. The van der Waals surface area contributed by atoms with E-state index in [0.29, 0.717) is 30.8 Å². The first-order valence-electron chi connectivity index (χ1n) is 8.48. The Labute approximate surface area is 145 Å². The number of carbonyl (C=O) groups is 1. The van der Waals surface area contributed by atoms with Gasteiger partial charge in [0, 0.05) is 18.3 Å². The van der Waals surface area contributed by atoms with Crippen molar-refractivity contribution in [3.63, 3.8) is 0 Å². The number of hydrogen-bond acceptors (Lipinski definition) is 3. The van der Waals surface area contributed by atoms with Crippen molar-refractivity contribution >= 4 is 11.6 Å². The standard InChI is InChI=1S/C19H21FN2O3/c1-3-25-16-11-17(23)22-9-5-4-6-15(22)18(16)19(24)21-14-10-12(2)7-8-13(14)20/h7-8,10-11H,3-6,9H2,1-2H3,(H,21,24). The van der Waals surface area contributed by atoms with Crippen LogP contribution in [0.1, 0.15) is 41.4 Å². The zero-order valence-electron chi connectivity index (χ0n) is 14.4. The fraction of sp³-hybridized carbons (Fsp3) is 0.368. The summed E-state index contributed by atoms with van der Waals surface area (Å²) in [5.74, 6) is -0.705. The number of carbonyl (C=O) groups excluding carboxylic acids is 1. The third-order valence-corrected chi connectivity index (χ3v) is 4.32. The number of aryl methyl sites for hydroxylation is 1. The molecule has 0 bridgehead atoms. The van der Waals surface area contributed by atoms with Crippen LogP contribution in [-0.4, -0.2) is 17.1 Å². The second-order valence-corrected chi connectivity index (χ2v) is 6.15. The molecule has 2 heterocycles. The van der Waals surface area contributed by atoms with Crippen molar-refractivity contribution in [3.8, 4) is 5.75 Å². The minimum Gasteiger partial charge on any atom is -0.493 e. The van der Waals surface area contributed by atoms with Crippen LogP contribution in [-0.2, 0) is 13.0 Å². The number of anilines is 1. The molecule has 0 radical (unpaired) electrons. The molecular formula is C19H21FN2O3. The van der Waals surface area contributed by atoms with E-state index in [0.717, 1.165) is 18.4 Å². The van der Waals surface area contributed by atoms with Gasteiger partial charge >= 0.3 is 0 Å². The first-order valence-corrected chi connectivity index (χ1v) is 8.48. The number of pyridine rings is 1. The molecule has 0 spiro atoms. The van der Waals surface area contributed by atoms with Gasteiger partial charge in [0.05, 0.1) is 12.3 Å². The van der Waals surface area contributed by atoms with Crippen molar-refractivity contribution in [3.05, 3.63) is 57.3 Å². The maximum atomic E-state index is 14.0. The van der Waals surface area contributed by atoms with Crippen LogP contribution in [0.5, 0.6) is 5.75 Å². The lowest BCUT2D eigenvalue weighted by atomic mass is 10.0. The van der Waals surface area contributed by atoms with Gasteiger partial charge in [-0.05, 0) is 50.8 Å². The predicted octanol–water partition coefficient (Wildman–Crippen LogP) is 3.28. The van der Waals surface area contributed by atoms with Crippen LogP contribution in [0.15, 0.2) is 29.1 Å². The molecule has 1 aliphatic heterocycles. The van der Waals surface area contributed by atoms with Crippen LogP contribution < -0.4 is 15.6 Å².